The van der Waals surface area contributed by atoms with Crippen LogP contribution in [-0.2, 0) is 17.8 Å². The van der Waals surface area contributed by atoms with Crippen molar-refractivity contribution in [2.24, 2.45) is 0 Å². The van der Waals surface area contributed by atoms with Crippen molar-refractivity contribution in [3.05, 3.63) is 65.0 Å². The summed E-state index contributed by atoms with van der Waals surface area (Å²) in [5, 5.41) is 6.00. The first kappa shape index (κ1) is 15.7. The first-order valence-corrected chi connectivity index (χ1v) is 8.07. The SMILES string of the molecule is CCC(C(=O)Nc1ccc2c(c1F)CCNC2)c1ccccc1. The summed E-state index contributed by atoms with van der Waals surface area (Å²) in [6, 6.07) is 13.2. The Bertz CT molecular complexity index is 700. The first-order chi connectivity index (χ1) is 11.2. The van der Waals surface area contributed by atoms with Gasteiger partial charge in [0.1, 0.15) is 5.82 Å². The highest BCUT2D eigenvalue weighted by Crippen LogP contribution is 2.27. The van der Waals surface area contributed by atoms with Gasteiger partial charge in [0.05, 0.1) is 11.6 Å². The quantitative estimate of drug-likeness (QED) is 0.905. The van der Waals surface area contributed by atoms with Crippen molar-refractivity contribution in [1.82, 2.24) is 5.32 Å². The molecule has 2 N–H and O–H groups in total. The van der Waals surface area contributed by atoms with E-state index in [4.69, 9.17) is 0 Å². The van der Waals surface area contributed by atoms with Crippen molar-refractivity contribution < 1.29 is 9.18 Å². The molecule has 1 heterocycles. The molecule has 1 amide bonds. The fourth-order valence-electron chi connectivity index (χ4n) is 3.11. The Morgan fingerprint density at radius 1 is 1.26 bits per heavy atom. The van der Waals surface area contributed by atoms with Gasteiger partial charge in [0.25, 0.3) is 0 Å². The normalized spacial score (nSPS) is 14.9. The molecule has 0 radical (unpaired) electrons. The van der Waals surface area contributed by atoms with E-state index >= 15 is 0 Å². The fraction of sp³-hybridized carbons (Fsp3) is 0.316. The summed E-state index contributed by atoms with van der Waals surface area (Å²) in [5.41, 5.74) is 2.93. The number of rotatable bonds is 4. The second kappa shape index (κ2) is 6.92. The molecule has 3 nitrogen and oxygen atoms in total. The lowest BCUT2D eigenvalue weighted by molar-refractivity contribution is -0.117. The summed E-state index contributed by atoms with van der Waals surface area (Å²) >= 11 is 0. The third-order valence-electron chi connectivity index (χ3n) is 4.39. The van der Waals surface area contributed by atoms with Gasteiger partial charge in [-0.15, -0.1) is 0 Å². The summed E-state index contributed by atoms with van der Waals surface area (Å²) in [4.78, 5) is 12.6. The maximum atomic E-state index is 14.6. The van der Waals surface area contributed by atoms with Crippen molar-refractivity contribution in [3.63, 3.8) is 0 Å². The highest BCUT2D eigenvalue weighted by molar-refractivity contribution is 5.96. The highest BCUT2D eigenvalue weighted by Gasteiger charge is 2.22. The predicted octanol–water partition coefficient (Wildman–Crippen LogP) is 3.60. The molecule has 2 aromatic rings. The van der Waals surface area contributed by atoms with E-state index in [1.807, 2.05) is 43.3 Å². The van der Waals surface area contributed by atoms with E-state index in [-0.39, 0.29) is 23.3 Å². The van der Waals surface area contributed by atoms with Gasteiger partial charge in [-0.2, -0.15) is 0 Å². The van der Waals surface area contributed by atoms with E-state index in [0.717, 1.165) is 17.7 Å². The van der Waals surface area contributed by atoms with Crippen LogP contribution in [0.25, 0.3) is 0 Å². The molecule has 120 valence electrons. The van der Waals surface area contributed by atoms with Crippen molar-refractivity contribution in [3.8, 4) is 0 Å². The smallest absolute Gasteiger partial charge is 0.231 e. The lowest BCUT2D eigenvalue weighted by Crippen LogP contribution is -2.26. The number of carbonyl (C=O) groups is 1. The number of hydrogen-bond donors (Lipinski definition) is 2. The molecule has 1 aliphatic rings. The van der Waals surface area contributed by atoms with E-state index in [2.05, 4.69) is 10.6 Å². The summed E-state index contributed by atoms with van der Waals surface area (Å²) in [5.74, 6) is -0.722. The van der Waals surface area contributed by atoms with Crippen LogP contribution in [0.2, 0.25) is 0 Å². The molecule has 2 aromatic carbocycles. The summed E-state index contributed by atoms with van der Waals surface area (Å²) < 4.78 is 14.6. The molecule has 4 heteroatoms. The van der Waals surface area contributed by atoms with E-state index in [0.29, 0.717) is 24.9 Å². The van der Waals surface area contributed by atoms with Crippen molar-refractivity contribution >= 4 is 11.6 Å². The average Bonchev–Trinajstić information content (AvgIpc) is 2.59. The Balaban J connectivity index is 1.82. The minimum absolute atomic E-state index is 0.161. The van der Waals surface area contributed by atoms with Gasteiger partial charge in [0.2, 0.25) is 5.91 Å². The molecule has 1 unspecified atom stereocenters. The Morgan fingerprint density at radius 3 is 2.78 bits per heavy atom. The maximum Gasteiger partial charge on any atom is 0.231 e. The van der Waals surface area contributed by atoms with Crippen LogP contribution in [0.3, 0.4) is 0 Å². The maximum absolute atomic E-state index is 14.6. The zero-order valence-electron chi connectivity index (χ0n) is 13.2. The number of benzene rings is 2. The summed E-state index contributed by atoms with van der Waals surface area (Å²) in [7, 11) is 0. The molecule has 0 aromatic heterocycles. The van der Waals surface area contributed by atoms with Crippen LogP contribution in [0.1, 0.15) is 36.0 Å². The van der Waals surface area contributed by atoms with Gasteiger partial charge < -0.3 is 10.6 Å². The standard InChI is InChI=1S/C19H21FN2O/c1-2-15(13-6-4-3-5-7-13)19(23)22-17-9-8-14-12-21-11-10-16(14)18(17)20/h3-9,15,21H,2,10-12H2,1H3,(H,22,23). The van der Waals surface area contributed by atoms with Gasteiger partial charge in [-0.1, -0.05) is 43.3 Å². The lowest BCUT2D eigenvalue weighted by atomic mass is 9.95. The second-order valence-electron chi connectivity index (χ2n) is 5.85. The van der Waals surface area contributed by atoms with Crippen molar-refractivity contribution in [1.29, 1.82) is 0 Å². The topological polar surface area (TPSA) is 41.1 Å². The van der Waals surface area contributed by atoms with E-state index < -0.39 is 0 Å². The molecule has 23 heavy (non-hydrogen) atoms. The van der Waals surface area contributed by atoms with Crippen molar-refractivity contribution in [2.45, 2.75) is 32.2 Å². The number of fused-ring (bicyclic) bond motifs is 1. The Hall–Kier alpha value is -2.20. The molecule has 0 fully saturated rings. The van der Waals surface area contributed by atoms with Gasteiger partial charge in [-0.05, 0) is 42.1 Å². The van der Waals surface area contributed by atoms with Gasteiger partial charge in [0, 0.05) is 6.54 Å². The molecular weight excluding hydrogens is 291 g/mol. The first-order valence-electron chi connectivity index (χ1n) is 8.07. The van der Waals surface area contributed by atoms with E-state index in [1.165, 1.54) is 0 Å². The Labute approximate surface area is 135 Å². The minimum Gasteiger partial charge on any atom is -0.323 e. The van der Waals surface area contributed by atoms with Crippen LogP contribution >= 0.6 is 0 Å². The van der Waals surface area contributed by atoms with Crippen LogP contribution in [0.15, 0.2) is 42.5 Å². The van der Waals surface area contributed by atoms with Crippen LogP contribution in [0.4, 0.5) is 10.1 Å². The van der Waals surface area contributed by atoms with Gasteiger partial charge in [-0.3, -0.25) is 4.79 Å². The number of nitrogens with one attached hydrogen (secondary N) is 2. The molecule has 0 saturated heterocycles. The fourth-order valence-corrected chi connectivity index (χ4v) is 3.11. The summed E-state index contributed by atoms with van der Waals surface area (Å²) in [6.07, 6.45) is 1.33. The molecule has 1 aliphatic heterocycles. The van der Waals surface area contributed by atoms with Gasteiger partial charge >= 0.3 is 0 Å². The Kier molecular flexibility index (Phi) is 4.72. The molecular formula is C19H21FN2O. The zero-order chi connectivity index (χ0) is 16.2. The van der Waals surface area contributed by atoms with Crippen LogP contribution in [0, 0.1) is 5.82 Å². The summed E-state index contributed by atoms with van der Waals surface area (Å²) in [6.45, 7) is 3.41. The molecule has 0 saturated carbocycles. The number of carbonyl (C=O) groups excluding carboxylic acids is 1. The van der Waals surface area contributed by atoms with Gasteiger partial charge in [0.15, 0.2) is 0 Å². The molecule has 3 rings (SSSR count). The monoisotopic (exact) mass is 312 g/mol. The third kappa shape index (κ3) is 3.27. The van der Waals surface area contributed by atoms with Crippen LogP contribution in [-0.4, -0.2) is 12.5 Å². The predicted molar refractivity (Wildman–Crippen MR) is 89.9 cm³/mol. The number of halogens is 1. The number of hydrogen-bond acceptors (Lipinski definition) is 2. The second-order valence-corrected chi connectivity index (χ2v) is 5.85. The Morgan fingerprint density at radius 2 is 2.04 bits per heavy atom. The lowest BCUT2D eigenvalue weighted by Gasteiger charge is -2.21. The largest absolute Gasteiger partial charge is 0.323 e. The molecule has 0 aliphatic carbocycles. The van der Waals surface area contributed by atoms with Gasteiger partial charge in [-0.25, -0.2) is 4.39 Å². The highest BCUT2D eigenvalue weighted by atomic mass is 19.1. The molecule has 0 bridgehead atoms. The van der Waals surface area contributed by atoms with E-state index in [9.17, 15) is 9.18 Å². The molecule has 1 atom stereocenters. The van der Waals surface area contributed by atoms with Crippen molar-refractivity contribution in [2.75, 3.05) is 11.9 Å². The van der Waals surface area contributed by atoms with E-state index in [1.54, 1.807) is 6.07 Å². The number of anilines is 1. The van der Waals surface area contributed by atoms with Crippen LogP contribution in [0.5, 0.6) is 0 Å². The number of amides is 1. The minimum atomic E-state index is -0.291. The average molecular weight is 312 g/mol. The van der Waals surface area contributed by atoms with Crippen LogP contribution < -0.4 is 10.6 Å². The molecule has 0 spiro atoms. The zero-order valence-corrected chi connectivity index (χ0v) is 13.2. The third-order valence-corrected chi connectivity index (χ3v) is 4.39.